The number of piperazine rings is 1. The number of carbonyl (C=O) groups excluding carboxylic acids is 2. The molecule has 1 aliphatic heterocycles. The summed E-state index contributed by atoms with van der Waals surface area (Å²) in [6.45, 7) is 4.83. The smallest absolute Gasteiger partial charge is 0.291 e. The molecule has 3 rings (SSSR count). The van der Waals surface area contributed by atoms with Gasteiger partial charge in [-0.3, -0.25) is 9.59 Å². The van der Waals surface area contributed by atoms with Crippen LogP contribution >= 0.6 is 0 Å². The summed E-state index contributed by atoms with van der Waals surface area (Å²) < 4.78 is 5.05. The van der Waals surface area contributed by atoms with Gasteiger partial charge < -0.3 is 19.5 Å². The molecular formula is C17H20N4O3. The fraction of sp³-hybridized carbons (Fsp3) is 0.353. The van der Waals surface area contributed by atoms with Gasteiger partial charge in [-0.25, -0.2) is 4.98 Å². The molecule has 126 valence electrons. The predicted molar refractivity (Wildman–Crippen MR) is 90.0 cm³/mol. The summed E-state index contributed by atoms with van der Waals surface area (Å²) in [5, 5.41) is 2.74. The summed E-state index contributed by atoms with van der Waals surface area (Å²) in [4.78, 5) is 32.0. The molecule has 0 atom stereocenters. The van der Waals surface area contributed by atoms with E-state index in [1.54, 1.807) is 18.3 Å². The number of anilines is 2. The number of nitrogens with one attached hydrogen (secondary N) is 1. The van der Waals surface area contributed by atoms with E-state index >= 15 is 0 Å². The highest BCUT2D eigenvalue weighted by atomic mass is 16.3. The normalized spacial score (nSPS) is 14.5. The Bertz CT molecular complexity index is 689. The third kappa shape index (κ3) is 3.56. The minimum Gasteiger partial charge on any atom is -0.459 e. The van der Waals surface area contributed by atoms with Gasteiger partial charge in [0.25, 0.3) is 5.91 Å². The summed E-state index contributed by atoms with van der Waals surface area (Å²) in [5.74, 6) is 0.991. The van der Waals surface area contributed by atoms with Crippen LogP contribution in [0.5, 0.6) is 0 Å². The molecule has 2 aromatic rings. The number of nitrogens with zero attached hydrogens (tertiary/aromatic N) is 3. The summed E-state index contributed by atoms with van der Waals surface area (Å²) in [6.07, 6.45) is 3.63. The Morgan fingerprint density at radius 1 is 1.21 bits per heavy atom. The Morgan fingerprint density at radius 3 is 2.58 bits per heavy atom. The molecule has 1 fully saturated rings. The number of amides is 2. The van der Waals surface area contributed by atoms with Crippen molar-refractivity contribution < 1.29 is 14.0 Å². The van der Waals surface area contributed by atoms with Crippen molar-refractivity contribution in [3.63, 3.8) is 0 Å². The highest BCUT2D eigenvalue weighted by Gasteiger charge is 2.20. The fourth-order valence-corrected chi connectivity index (χ4v) is 2.66. The van der Waals surface area contributed by atoms with Gasteiger partial charge in [-0.1, -0.05) is 6.92 Å². The van der Waals surface area contributed by atoms with Crippen LogP contribution in [-0.4, -0.2) is 47.9 Å². The molecule has 24 heavy (non-hydrogen) atoms. The fourth-order valence-electron chi connectivity index (χ4n) is 2.66. The lowest BCUT2D eigenvalue weighted by Crippen LogP contribution is -2.48. The molecule has 1 N–H and O–H groups in total. The average Bonchev–Trinajstić information content (AvgIpc) is 3.17. The predicted octanol–water partition coefficient (Wildman–Crippen LogP) is 1.99. The van der Waals surface area contributed by atoms with Gasteiger partial charge >= 0.3 is 0 Å². The molecule has 0 bridgehead atoms. The number of rotatable bonds is 4. The second-order valence-electron chi connectivity index (χ2n) is 5.56. The summed E-state index contributed by atoms with van der Waals surface area (Å²) in [6, 6.07) is 6.95. The number of furan rings is 1. The number of carbonyl (C=O) groups is 2. The van der Waals surface area contributed by atoms with Crippen molar-refractivity contribution in [2.45, 2.75) is 13.3 Å². The Labute approximate surface area is 140 Å². The van der Waals surface area contributed by atoms with Gasteiger partial charge in [-0.05, 0) is 24.3 Å². The Kier molecular flexibility index (Phi) is 4.79. The van der Waals surface area contributed by atoms with Crippen molar-refractivity contribution in [3.8, 4) is 0 Å². The van der Waals surface area contributed by atoms with Gasteiger partial charge in [0.1, 0.15) is 5.82 Å². The van der Waals surface area contributed by atoms with E-state index in [2.05, 4.69) is 15.2 Å². The molecule has 3 heterocycles. The first kappa shape index (κ1) is 16.0. The summed E-state index contributed by atoms with van der Waals surface area (Å²) in [7, 11) is 0. The maximum atomic E-state index is 11.9. The van der Waals surface area contributed by atoms with Gasteiger partial charge in [-0.2, -0.15) is 0 Å². The Hall–Kier alpha value is -2.83. The number of pyridine rings is 1. The first-order valence-corrected chi connectivity index (χ1v) is 8.01. The molecule has 1 aliphatic rings. The largest absolute Gasteiger partial charge is 0.459 e. The van der Waals surface area contributed by atoms with Crippen LogP contribution in [0, 0.1) is 0 Å². The van der Waals surface area contributed by atoms with Crippen LogP contribution in [0.15, 0.2) is 41.1 Å². The van der Waals surface area contributed by atoms with E-state index in [9.17, 15) is 9.59 Å². The zero-order valence-corrected chi connectivity index (χ0v) is 13.6. The van der Waals surface area contributed by atoms with E-state index in [4.69, 9.17) is 4.42 Å². The molecule has 0 radical (unpaired) electrons. The van der Waals surface area contributed by atoms with Gasteiger partial charge in [0, 0.05) is 32.6 Å². The van der Waals surface area contributed by atoms with E-state index in [0.717, 1.165) is 18.9 Å². The molecule has 0 unspecified atom stereocenters. The molecule has 2 aromatic heterocycles. The zero-order chi connectivity index (χ0) is 16.9. The molecular weight excluding hydrogens is 308 g/mol. The SMILES string of the molecule is CCC(=O)N1CCN(c2ccc(NC(=O)c3ccco3)cn2)CC1. The van der Waals surface area contributed by atoms with Crippen molar-refractivity contribution in [2.75, 3.05) is 36.4 Å². The highest BCUT2D eigenvalue weighted by Crippen LogP contribution is 2.17. The Balaban J connectivity index is 1.57. The van der Waals surface area contributed by atoms with Crippen LogP contribution in [0.1, 0.15) is 23.9 Å². The van der Waals surface area contributed by atoms with E-state index < -0.39 is 0 Å². The zero-order valence-electron chi connectivity index (χ0n) is 13.6. The van der Waals surface area contributed by atoms with Crippen molar-refractivity contribution in [1.29, 1.82) is 0 Å². The molecule has 0 aliphatic carbocycles. The van der Waals surface area contributed by atoms with E-state index in [-0.39, 0.29) is 17.6 Å². The second-order valence-corrected chi connectivity index (χ2v) is 5.56. The first-order chi connectivity index (χ1) is 11.7. The molecule has 2 amide bonds. The van der Waals surface area contributed by atoms with Gasteiger partial charge in [0.15, 0.2) is 5.76 Å². The second kappa shape index (κ2) is 7.16. The van der Waals surface area contributed by atoms with Crippen LogP contribution in [0.2, 0.25) is 0 Å². The van der Waals surface area contributed by atoms with E-state index in [1.165, 1.54) is 6.26 Å². The monoisotopic (exact) mass is 328 g/mol. The number of hydrogen-bond donors (Lipinski definition) is 1. The minimum absolute atomic E-state index is 0.193. The van der Waals surface area contributed by atoms with Gasteiger partial charge in [0.2, 0.25) is 5.91 Å². The molecule has 0 aromatic carbocycles. The van der Waals surface area contributed by atoms with Gasteiger partial charge in [-0.15, -0.1) is 0 Å². The maximum absolute atomic E-state index is 11.9. The first-order valence-electron chi connectivity index (χ1n) is 8.01. The molecule has 1 saturated heterocycles. The van der Waals surface area contributed by atoms with Crippen LogP contribution in [0.3, 0.4) is 0 Å². The van der Waals surface area contributed by atoms with E-state index in [1.807, 2.05) is 24.0 Å². The van der Waals surface area contributed by atoms with Crippen molar-refractivity contribution >= 4 is 23.3 Å². The number of hydrogen-bond acceptors (Lipinski definition) is 5. The van der Waals surface area contributed by atoms with Gasteiger partial charge in [0.05, 0.1) is 18.1 Å². The lowest BCUT2D eigenvalue weighted by molar-refractivity contribution is -0.131. The molecule has 0 spiro atoms. The molecule has 0 saturated carbocycles. The highest BCUT2D eigenvalue weighted by molar-refractivity contribution is 6.02. The molecule has 7 nitrogen and oxygen atoms in total. The standard InChI is InChI=1S/C17H20N4O3/c1-2-16(22)21-9-7-20(8-10-21)15-6-5-13(12-18-15)19-17(23)14-4-3-11-24-14/h3-6,11-12H,2,7-10H2,1H3,(H,19,23). The minimum atomic E-state index is -0.304. The molecule has 7 heteroatoms. The lowest BCUT2D eigenvalue weighted by Gasteiger charge is -2.35. The lowest BCUT2D eigenvalue weighted by atomic mass is 10.2. The van der Waals surface area contributed by atoms with Crippen LogP contribution < -0.4 is 10.2 Å². The topological polar surface area (TPSA) is 78.7 Å². The third-order valence-corrected chi connectivity index (χ3v) is 4.01. The van der Waals surface area contributed by atoms with Crippen LogP contribution in [0.4, 0.5) is 11.5 Å². The maximum Gasteiger partial charge on any atom is 0.291 e. The van der Waals surface area contributed by atoms with E-state index in [0.29, 0.717) is 25.2 Å². The Morgan fingerprint density at radius 2 is 2.00 bits per heavy atom. The number of aromatic nitrogens is 1. The quantitative estimate of drug-likeness (QED) is 0.928. The third-order valence-electron chi connectivity index (χ3n) is 4.01. The van der Waals surface area contributed by atoms with Crippen molar-refractivity contribution in [1.82, 2.24) is 9.88 Å². The summed E-state index contributed by atoms with van der Waals surface area (Å²) >= 11 is 0. The summed E-state index contributed by atoms with van der Waals surface area (Å²) in [5.41, 5.74) is 0.611. The average molecular weight is 328 g/mol. The van der Waals surface area contributed by atoms with Crippen LogP contribution in [0.25, 0.3) is 0 Å². The van der Waals surface area contributed by atoms with Crippen LogP contribution in [-0.2, 0) is 4.79 Å². The van der Waals surface area contributed by atoms with Crippen molar-refractivity contribution in [2.24, 2.45) is 0 Å². The van der Waals surface area contributed by atoms with Crippen molar-refractivity contribution in [3.05, 3.63) is 42.5 Å².